The van der Waals surface area contributed by atoms with Gasteiger partial charge < -0.3 is 0 Å². The van der Waals surface area contributed by atoms with Crippen LogP contribution in [0.25, 0.3) is 5.69 Å². The van der Waals surface area contributed by atoms with Crippen LogP contribution in [0, 0.1) is 31.3 Å². The third kappa shape index (κ3) is 3.70. The number of imidazole rings is 1. The predicted molar refractivity (Wildman–Crippen MR) is 112 cm³/mol. The lowest BCUT2D eigenvalue weighted by Gasteiger charge is -2.20. The Morgan fingerprint density at radius 2 is 1.28 bits per heavy atom. The van der Waals surface area contributed by atoms with Gasteiger partial charge in [-0.05, 0) is 36.6 Å². The SMILES string of the molecule is Cc1ccc(P(c2ccc(C)cc2)c2nccn2-c2ccc(F)c(F)c2F)cc1. The Labute approximate surface area is 168 Å². The van der Waals surface area contributed by atoms with Crippen molar-refractivity contribution in [2.45, 2.75) is 13.8 Å². The zero-order valence-electron chi connectivity index (χ0n) is 15.9. The van der Waals surface area contributed by atoms with E-state index in [0.717, 1.165) is 27.8 Å². The summed E-state index contributed by atoms with van der Waals surface area (Å²) in [7, 11) is -1.14. The molecule has 1 heterocycles. The highest BCUT2D eigenvalue weighted by atomic mass is 31.1. The van der Waals surface area contributed by atoms with Crippen LogP contribution in [-0.4, -0.2) is 9.55 Å². The molecule has 146 valence electrons. The van der Waals surface area contributed by atoms with Gasteiger partial charge in [-0.15, -0.1) is 0 Å². The van der Waals surface area contributed by atoms with Gasteiger partial charge in [0.05, 0.1) is 5.69 Å². The summed E-state index contributed by atoms with van der Waals surface area (Å²) in [5.74, 6) is -3.93. The number of benzene rings is 3. The number of halogens is 3. The minimum atomic E-state index is -1.49. The first-order valence-electron chi connectivity index (χ1n) is 9.06. The van der Waals surface area contributed by atoms with Gasteiger partial charge in [0.15, 0.2) is 17.5 Å². The van der Waals surface area contributed by atoms with Gasteiger partial charge in [-0.2, -0.15) is 0 Å². The molecule has 0 saturated heterocycles. The fourth-order valence-electron chi connectivity index (χ4n) is 3.12. The van der Waals surface area contributed by atoms with Gasteiger partial charge in [0.1, 0.15) is 5.57 Å². The van der Waals surface area contributed by atoms with Crippen molar-refractivity contribution in [1.82, 2.24) is 9.55 Å². The molecule has 0 radical (unpaired) electrons. The first kappa shape index (κ1) is 19.4. The zero-order valence-corrected chi connectivity index (χ0v) is 16.8. The Kier molecular flexibility index (Phi) is 5.25. The molecule has 0 unspecified atom stereocenters. The fourth-order valence-corrected chi connectivity index (χ4v) is 5.34. The van der Waals surface area contributed by atoms with E-state index in [-0.39, 0.29) is 5.69 Å². The van der Waals surface area contributed by atoms with E-state index in [2.05, 4.69) is 4.98 Å². The molecule has 0 saturated carbocycles. The average molecular weight is 410 g/mol. The van der Waals surface area contributed by atoms with E-state index in [4.69, 9.17) is 0 Å². The molecular weight excluding hydrogens is 392 g/mol. The van der Waals surface area contributed by atoms with Crippen molar-refractivity contribution in [2.75, 3.05) is 0 Å². The van der Waals surface area contributed by atoms with Crippen molar-refractivity contribution in [3.63, 3.8) is 0 Å². The van der Waals surface area contributed by atoms with E-state index >= 15 is 0 Å². The average Bonchev–Trinajstić information content (AvgIpc) is 3.18. The Balaban J connectivity index is 1.91. The molecule has 0 aliphatic heterocycles. The van der Waals surface area contributed by atoms with E-state index in [1.54, 1.807) is 12.4 Å². The second-order valence-corrected chi connectivity index (χ2v) is 8.90. The van der Waals surface area contributed by atoms with Gasteiger partial charge in [-0.25, -0.2) is 18.2 Å². The van der Waals surface area contributed by atoms with Crippen LogP contribution < -0.4 is 16.2 Å². The maximum absolute atomic E-state index is 14.5. The summed E-state index contributed by atoms with van der Waals surface area (Å²) < 4.78 is 43.3. The maximum Gasteiger partial charge on any atom is 0.196 e. The Morgan fingerprint density at radius 1 is 0.724 bits per heavy atom. The van der Waals surface area contributed by atoms with Crippen LogP contribution in [0.1, 0.15) is 11.1 Å². The van der Waals surface area contributed by atoms with Crippen molar-refractivity contribution in [3.8, 4) is 5.69 Å². The van der Waals surface area contributed by atoms with Crippen molar-refractivity contribution < 1.29 is 13.2 Å². The third-order valence-corrected chi connectivity index (χ3v) is 7.04. The van der Waals surface area contributed by atoms with E-state index in [1.807, 2.05) is 62.4 Å². The lowest BCUT2D eigenvalue weighted by molar-refractivity contribution is 0.445. The molecule has 1 aromatic heterocycles. The lowest BCUT2D eigenvalue weighted by Crippen LogP contribution is -2.27. The summed E-state index contributed by atoms with van der Waals surface area (Å²) in [5.41, 5.74) is 2.77. The van der Waals surface area contributed by atoms with Crippen LogP contribution in [0.5, 0.6) is 0 Å². The van der Waals surface area contributed by atoms with Crippen LogP contribution in [-0.2, 0) is 0 Å². The van der Waals surface area contributed by atoms with Crippen LogP contribution in [0.15, 0.2) is 73.1 Å². The number of aromatic nitrogens is 2. The smallest absolute Gasteiger partial charge is 0.196 e. The highest BCUT2D eigenvalue weighted by Crippen LogP contribution is 2.33. The first-order valence-corrected chi connectivity index (χ1v) is 10.4. The largest absolute Gasteiger partial charge is 0.296 e. The summed E-state index contributed by atoms with van der Waals surface area (Å²) in [4.78, 5) is 4.49. The highest BCUT2D eigenvalue weighted by molar-refractivity contribution is 7.79. The van der Waals surface area contributed by atoms with Crippen molar-refractivity contribution in [2.24, 2.45) is 0 Å². The first-order chi connectivity index (χ1) is 14.0. The van der Waals surface area contributed by atoms with Crippen LogP contribution >= 0.6 is 7.92 Å². The van der Waals surface area contributed by atoms with Gasteiger partial charge >= 0.3 is 0 Å². The lowest BCUT2D eigenvalue weighted by atomic mass is 10.2. The van der Waals surface area contributed by atoms with E-state index in [0.29, 0.717) is 5.57 Å². The van der Waals surface area contributed by atoms with Gasteiger partial charge in [0.2, 0.25) is 0 Å². The molecule has 29 heavy (non-hydrogen) atoms. The quantitative estimate of drug-likeness (QED) is 0.353. The number of rotatable bonds is 4. The molecular formula is C23H18F3N2P. The van der Waals surface area contributed by atoms with Crippen molar-refractivity contribution >= 4 is 24.1 Å². The summed E-state index contributed by atoms with van der Waals surface area (Å²) in [5, 5.41) is 2.06. The van der Waals surface area contributed by atoms with Crippen molar-refractivity contribution in [1.29, 1.82) is 0 Å². The second kappa shape index (κ2) is 7.84. The van der Waals surface area contributed by atoms with Crippen LogP contribution in [0.2, 0.25) is 0 Å². The summed E-state index contributed by atoms with van der Waals surface area (Å²) in [6, 6.07) is 18.4. The predicted octanol–water partition coefficient (Wildman–Crippen LogP) is 4.66. The fraction of sp³-hybridized carbons (Fsp3) is 0.0870. The molecule has 0 N–H and O–H groups in total. The normalized spacial score (nSPS) is 11.2. The highest BCUT2D eigenvalue weighted by Gasteiger charge is 2.24. The number of hydrogen-bond acceptors (Lipinski definition) is 1. The van der Waals surface area contributed by atoms with Gasteiger partial charge in [0, 0.05) is 20.3 Å². The molecule has 4 aromatic rings. The molecule has 2 nitrogen and oxygen atoms in total. The molecule has 0 aliphatic carbocycles. The standard InChI is InChI=1S/C23H18F3N2P/c1-15-3-7-17(8-4-15)29(18-9-5-16(2)6-10-18)23-27-13-14-28(23)20-12-11-19(24)21(25)22(20)26/h3-14H,1-2H3. The molecule has 3 aromatic carbocycles. The minimum absolute atomic E-state index is 0.0666. The molecule has 0 atom stereocenters. The van der Waals surface area contributed by atoms with Gasteiger partial charge in [-0.3, -0.25) is 4.57 Å². The number of aryl methyl sites for hydroxylation is 2. The molecule has 6 heteroatoms. The molecule has 0 bridgehead atoms. The minimum Gasteiger partial charge on any atom is -0.296 e. The number of hydrogen-bond donors (Lipinski definition) is 0. The molecule has 0 spiro atoms. The van der Waals surface area contributed by atoms with Crippen LogP contribution in [0.4, 0.5) is 13.2 Å². The zero-order chi connectivity index (χ0) is 20.5. The Hall–Kier alpha value is -2.91. The second-order valence-electron chi connectivity index (χ2n) is 6.80. The van der Waals surface area contributed by atoms with Crippen molar-refractivity contribution in [3.05, 3.63) is 102 Å². The topological polar surface area (TPSA) is 17.8 Å². The molecule has 4 rings (SSSR count). The molecule has 0 aliphatic rings. The monoisotopic (exact) mass is 410 g/mol. The summed E-state index contributed by atoms with van der Waals surface area (Å²) in [6.07, 6.45) is 3.12. The maximum atomic E-state index is 14.5. The third-order valence-electron chi connectivity index (χ3n) is 4.68. The summed E-state index contributed by atoms with van der Waals surface area (Å²) in [6.45, 7) is 4.02. The van der Waals surface area contributed by atoms with Gasteiger partial charge in [-0.1, -0.05) is 59.7 Å². The summed E-state index contributed by atoms with van der Waals surface area (Å²) >= 11 is 0. The van der Waals surface area contributed by atoms with E-state index < -0.39 is 25.4 Å². The van der Waals surface area contributed by atoms with Crippen LogP contribution in [0.3, 0.4) is 0 Å². The Bertz CT molecular complexity index is 1110. The number of nitrogens with zero attached hydrogens (tertiary/aromatic N) is 2. The molecule has 0 amide bonds. The molecule has 0 fully saturated rings. The van der Waals surface area contributed by atoms with E-state index in [1.165, 1.54) is 10.6 Å². The van der Waals surface area contributed by atoms with Gasteiger partial charge in [0.25, 0.3) is 0 Å². The Morgan fingerprint density at radius 3 is 1.83 bits per heavy atom. The van der Waals surface area contributed by atoms with E-state index in [9.17, 15) is 13.2 Å².